The Morgan fingerprint density at radius 3 is 1.07 bits per heavy atom. The lowest BCUT2D eigenvalue weighted by molar-refractivity contribution is 1.29. The van der Waals surface area contributed by atoms with E-state index in [9.17, 15) is 0 Å². The van der Waals surface area contributed by atoms with Crippen molar-refractivity contribution < 1.29 is 0 Å². The predicted octanol–water partition coefficient (Wildman–Crippen LogP) is 9.27. The van der Waals surface area contributed by atoms with E-state index in [2.05, 4.69) is 114 Å². The zero-order valence-corrected chi connectivity index (χ0v) is 25.4. The molecule has 4 aromatic carbocycles. The van der Waals surface area contributed by atoms with Crippen molar-refractivity contribution in [3.05, 3.63) is 137 Å². The van der Waals surface area contributed by atoms with Crippen LogP contribution in [0.25, 0.3) is 42.8 Å². The molecule has 0 atom stereocenters. The second-order valence-electron chi connectivity index (χ2n) is 11.7. The smallest absolute Gasteiger partial charge is 0.0549 e. The lowest BCUT2D eigenvalue weighted by Crippen LogP contribution is -2.05. The summed E-state index contributed by atoms with van der Waals surface area (Å²) >= 11 is 4.02. The van der Waals surface area contributed by atoms with Crippen molar-refractivity contribution in [2.45, 2.75) is 41.5 Å². The first kappa shape index (κ1) is 24.1. The summed E-state index contributed by atoms with van der Waals surface area (Å²) in [5.41, 5.74) is 22.2. The van der Waals surface area contributed by atoms with E-state index in [0.29, 0.717) is 0 Å². The van der Waals surface area contributed by atoms with Gasteiger partial charge in [0.1, 0.15) is 0 Å². The summed E-state index contributed by atoms with van der Waals surface area (Å²) in [5.74, 6) is 0. The lowest BCUT2D eigenvalue weighted by Gasteiger charge is -2.14. The van der Waals surface area contributed by atoms with Crippen molar-refractivity contribution in [2.24, 2.45) is 0 Å². The minimum absolute atomic E-state index is 1.33. The maximum absolute atomic E-state index is 2.34. The van der Waals surface area contributed by atoms with E-state index in [1.165, 1.54) is 107 Å². The fourth-order valence-electron chi connectivity index (χ4n) is 7.50. The number of rotatable bonds is 2. The highest BCUT2D eigenvalue weighted by molar-refractivity contribution is 7.28. The van der Waals surface area contributed by atoms with Crippen LogP contribution in [0.2, 0.25) is 0 Å². The summed E-state index contributed by atoms with van der Waals surface area (Å²) in [7, 11) is 0. The van der Waals surface area contributed by atoms with Gasteiger partial charge in [-0.25, -0.2) is 0 Å². The maximum atomic E-state index is 2.34. The summed E-state index contributed by atoms with van der Waals surface area (Å²) in [6.45, 7) is 13.5. The molecule has 2 aromatic heterocycles. The molecule has 2 heterocycles. The molecule has 8 rings (SSSR count). The summed E-state index contributed by atoms with van der Waals surface area (Å²) in [5, 5.41) is 0. The van der Waals surface area contributed by atoms with Crippen molar-refractivity contribution in [3.63, 3.8) is 0 Å². The molecule has 0 radical (unpaired) electrons. The molecule has 0 saturated heterocycles. The maximum Gasteiger partial charge on any atom is 0.0549 e. The van der Waals surface area contributed by atoms with Crippen molar-refractivity contribution in [3.8, 4) is 22.3 Å². The fourth-order valence-corrected chi connectivity index (χ4v) is 10.6. The summed E-state index contributed by atoms with van der Waals surface area (Å²) in [6.07, 6.45) is 0. The van der Waals surface area contributed by atoms with Gasteiger partial charge >= 0.3 is 0 Å². The van der Waals surface area contributed by atoms with Crippen LogP contribution in [0.3, 0.4) is 0 Å². The lowest BCUT2D eigenvalue weighted by atomic mass is 9.90. The van der Waals surface area contributed by atoms with Crippen LogP contribution in [-0.4, -0.2) is 0 Å². The second kappa shape index (κ2) is 8.39. The van der Waals surface area contributed by atoms with Gasteiger partial charge in [-0.3, -0.25) is 0 Å². The second-order valence-corrected chi connectivity index (χ2v) is 13.7. The van der Waals surface area contributed by atoms with Gasteiger partial charge in [0.2, 0.25) is 0 Å². The van der Waals surface area contributed by atoms with Crippen molar-refractivity contribution in [1.29, 1.82) is 0 Å². The van der Waals surface area contributed by atoms with Crippen molar-refractivity contribution in [1.82, 2.24) is 0 Å². The van der Waals surface area contributed by atoms with E-state index in [1.54, 1.807) is 0 Å². The first-order valence-corrected chi connectivity index (χ1v) is 15.7. The van der Waals surface area contributed by atoms with Gasteiger partial charge in [0.25, 0.3) is 0 Å². The molecule has 0 unspecified atom stereocenters. The van der Waals surface area contributed by atoms with Gasteiger partial charge < -0.3 is 0 Å². The highest BCUT2D eigenvalue weighted by Gasteiger charge is 2.32. The van der Waals surface area contributed by atoms with Crippen LogP contribution >= 0.6 is 22.7 Å². The highest BCUT2D eigenvalue weighted by atomic mass is 32.1. The van der Waals surface area contributed by atoms with Crippen LogP contribution in [0.15, 0.2) is 72.8 Å². The van der Waals surface area contributed by atoms with E-state index in [-0.39, 0.29) is 0 Å². The Balaban J connectivity index is 1.54. The molecule has 40 heavy (non-hydrogen) atoms. The average Bonchev–Trinajstić information content (AvgIpc) is 3.60. The number of hydrogen-bond donors (Lipinski definition) is 0. The Hall–Kier alpha value is -3.72. The van der Waals surface area contributed by atoms with Gasteiger partial charge in [0.15, 0.2) is 0 Å². The molecular weight excluding hydrogens is 521 g/mol. The third-order valence-corrected chi connectivity index (χ3v) is 11.3. The minimum atomic E-state index is 1.33. The Bertz CT molecular complexity index is 2010. The van der Waals surface area contributed by atoms with Gasteiger partial charge in [0, 0.05) is 31.3 Å². The number of aryl methyl sites for hydroxylation is 6. The molecule has 0 nitrogen and oxygen atoms in total. The Morgan fingerprint density at radius 2 is 0.725 bits per heavy atom. The zero-order chi connectivity index (χ0) is 27.4. The van der Waals surface area contributed by atoms with Crippen molar-refractivity contribution >= 4 is 43.2 Å². The van der Waals surface area contributed by atoms with Crippen LogP contribution < -0.4 is 9.06 Å². The summed E-state index contributed by atoms with van der Waals surface area (Å²) in [6, 6.07) is 27.5. The van der Waals surface area contributed by atoms with Gasteiger partial charge in [-0.1, -0.05) is 83.9 Å². The molecule has 2 heteroatoms. The molecule has 0 aliphatic heterocycles. The Labute approximate surface area is 243 Å². The first-order chi connectivity index (χ1) is 19.3. The van der Waals surface area contributed by atoms with E-state index >= 15 is 0 Å². The Morgan fingerprint density at radius 1 is 0.400 bits per heavy atom. The minimum Gasteiger partial charge on any atom is -0.133 e. The van der Waals surface area contributed by atoms with Crippen LogP contribution in [0.1, 0.15) is 55.6 Å². The van der Waals surface area contributed by atoms with Crippen LogP contribution in [0.5, 0.6) is 0 Å². The number of benzene rings is 4. The molecular formula is C38H30S2. The SMILES string of the molecule is Cc1cc(C)c(C2=c3sc4c5c(sc4c3-c3ccccc32)=C(c2c(C)cc(C)cc2C)c2ccccc2-5)c(C)c1. The topological polar surface area (TPSA) is 0 Å². The van der Waals surface area contributed by atoms with Gasteiger partial charge in [-0.15, -0.1) is 22.7 Å². The Kier molecular flexibility index (Phi) is 5.06. The van der Waals surface area contributed by atoms with Crippen LogP contribution in [-0.2, 0) is 0 Å². The van der Waals surface area contributed by atoms with Gasteiger partial charge in [0.05, 0.1) is 9.40 Å². The molecule has 0 amide bonds. The van der Waals surface area contributed by atoms with Crippen LogP contribution in [0.4, 0.5) is 0 Å². The molecule has 2 aliphatic carbocycles. The quantitative estimate of drug-likeness (QED) is 0.201. The summed E-state index contributed by atoms with van der Waals surface area (Å²) < 4.78 is 5.77. The number of fused-ring (bicyclic) bond motifs is 9. The third kappa shape index (κ3) is 3.12. The van der Waals surface area contributed by atoms with Crippen molar-refractivity contribution in [2.75, 3.05) is 0 Å². The van der Waals surface area contributed by atoms with E-state index in [1.807, 2.05) is 22.7 Å². The van der Waals surface area contributed by atoms with Crippen LogP contribution in [0, 0.1) is 41.5 Å². The van der Waals surface area contributed by atoms with E-state index in [4.69, 9.17) is 0 Å². The first-order valence-electron chi connectivity index (χ1n) is 14.0. The molecule has 194 valence electrons. The number of thiophene rings is 2. The molecule has 0 N–H and O–H groups in total. The third-order valence-electron chi connectivity index (χ3n) is 8.76. The average molecular weight is 551 g/mol. The van der Waals surface area contributed by atoms with E-state index in [0.717, 1.165) is 0 Å². The molecule has 0 saturated carbocycles. The normalized spacial score (nSPS) is 13.2. The monoisotopic (exact) mass is 550 g/mol. The molecule has 2 aliphatic rings. The molecule has 6 aromatic rings. The predicted molar refractivity (Wildman–Crippen MR) is 174 cm³/mol. The summed E-state index contributed by atoms with van der Waals surface area (Å²) in [4.78, 5) is 0. The van der Waals surface area contributed by atoms with Gasteiger partial charge in [-0.05, 0) is 97.2 Å². The largest absolute Gasteiger partial charge is 0.133 e. The molecule has 0 bridgehead atoms. The van der Waals surface area contributed by atoms with E-state index < -0.39 is 0 Å². The highest BCUT2D eigenvalue weighted by Crippen LogP contribution is 2.49. The zero-order valence-electron chi connectivity index (χ0n) is 23.7. The van der Waals surface area contributed by atoms with Gasteiger partial charge in [-0.2, -0.15) is 0 Å². The number of hydrogen-bond acceptors (Lipinski definition) is 2. The molecule has 0 spiro atoms. The fraction of sp³-hybridized carbons (Fsp3) is 0.158. The standard InChI is InChI=1S/C38H30S2/c1-19-15-21(3)29(22(4)16-19)31-25-11-7-9-13-27(25)33-35(31)39-38-34-28-14-10-8-12-26(28)32(36(34)40-37(33)38)30-23(5)17-20(2)18-24(30)6/h7-18H,1-6H3. The molecule has 0 fully saturated rings.